The van der Waals surface area contributed by atoms with Crippen LogP contribution >= 0.6 is 0 Å². The van der Waals surface area contributed by atoms with Crippen molar-refractivity contribution in [1.29, 1.82) is 0 Å². The van der Waals surface area contributed by atoms with E-state index in [0.717, 1.165) is 32.2 Å². The average Bonchev–Trinajstić information content (AvgIpc) is 3.41. The zero-order valence-electron chi connectivity index (χ0n) is 13.9. The molecule has 0 unspecified atom stereocenters. The highest BCUT2D eigenvalue weighted by atomic mass is 16.1. The van der Waals surface area contributed by atoms with E-state index in [4.69, 9.17) is 6.42 Å². The second-order valence-electron chi connectivity index (χ2n) is 6.57. The molecule has 126 valence electrons. The molecule has 5 nitrogen and oxygen atoms in total. The molecule has 2 aliphatic rings. The van der Waals surface area contributed by atoms with Crippen molar-refractivity contribution < 1.29 is 4.79 Å². The number of nitrogens with one attached hydrogen (secondary N) is 2. The lowest BCUT2D eigenvalue weighted by atomic mass is 9.88. The first kappa shape index (κ1) is 16.7. The molecular weight excluding hydrogens is 300 g/mol. The molecule has 24 heavy (non-hydrogen) atoms. The maximum absolute atomic E-state index is 12.5. The van der Waals surface area contributed by atoms with Crippen LogP contribution in [-0.2, 0) is 4.79 Å². The molecule has 0 spiro atoms. The summed E-state index contributed by atoms with van der Waals surface area (Å²) >= 11 is 0. The second-order valence-corrected chi connectivity index (χ2v) is 6.57. The van der Waals surface area contributed by atoms with Gasteiger partial charge in [0.1, 0.15) is 0 Å². The second kappa shape index (κ2) is 7.59. The highest BCUT2D eigenvalue weighted by molar-refractivity contribution is 5.78. The Morgan fingerprint density at radius 3 is 2.83 bits per heavy atom. The van der Waals surface area contributed by atoms with Gasteiger partial charge in [-0.15, -0.1) is 12.3 Å². The summed E-state index contributed by atoms with van der Waals surface area (Å²) in [5.74, 6) is 2.83. The zero-order chi connectivity index (χ0) is 16.8. The van der Waals surface area contributed by atoms with Crippen LogP contribution in [0, 0.1) is 18.3 Å². The summed E-state index contributed by atoms with van der Waals surface area (Å²) in [6.07, 6.45) is 9.21. The maximum atomic E-state index is 12.5. The van der Waals surface area contributed by atoms with Gasteiger partial charge in [-0.3, -0.25) is 4.79 Å². The predicted octanol–water partition coefficient (Wildman–Crippen LogP) is 2.81. The normalized spacial score (nSPS) is 24.1. The van der Waals surface area contributed by atoms with E-state index >= 15 is 0 Å². The number of amides is 1. The number of benzene rings is 1. The van der Waals surface area contributed by atoms with Gasteiger partial charge in [0.2, 0.25) is 5.91 Å². The van der Waals surface area contributed by atoms with Gasteiger partial charge in [0, 0.05) is 37.8 Å². The molecule has 1 fully saturated rings. The van der Waals surface area contributed by atoms with E-state index < -0.39 is 0 Å². The van der Waals surface area contributed by atoms with Gasteiger partial charge >= 0.3 is 0 Å². The molecule has 2 N–H and O–H groups in total. The largest absolute Gasteiger partial charge is 0.356 e. The van der Waals surface area contributed by atoms with Crippen LogP contribution < -0.4 is 10.6 Å². The summed E-state index contributed by atoms with van der Waals surface area (Å²) in [5.41, 5.74) is 0.930. The average molecular weight is 324 g/mol. The van der Waals surface area contributed by atoms with Crippen LogP contribution in [0.1, 0.15) is 43.7 Å². The van der Waals surface area contributed by atoms with Gasteiger partial charge < -0.3 is 10.6 Å². The van der Waals surface area contributed by atoms with Gasteiger partial charge in [-0.1, -0.05) is 30.3 Å². The van der Waals surface area contributed by atoms with E-state index in [-0.39, 0.29) is 23.5 Å². The number of nitrogens with zero attached hydrogens (tertiary/aromatic N) is 2. The number of carbonyl (C=O) groups is 1. The van der Waals surface area contributed by atoms with Crippen LogP contribution in [0.15, 0.2) is 40.6 Å². The third kappa shape index (κ3) is 4.21. The van der Waals surface area contributed by atoms with Crippen LogP contribution in [0.25, 0.3) is 0 Å². The summed E-state index contributed by atoms with van der Waals surface area (Å²) in [7, 11) is 0. The van der Waals surface area contributed by atoms with E-state index in [2.05, 4.69) is 38.9 Å². The summed E-state index contributed by atoms with van der Waals surface area (Å²) in [4.78, 5) is 12.5. The fraction of sp³-hybridized carbons (Fsp3) is 0.526. The molecule has 1 aromatic carbocycles. The smallest absolute Gasteiger partial charge is 0.223 e. The van der Waals surface area contributed by atoms with Crippen LogP contribution in [-0.4, -0.2) is 24.7 Å². The topological polar surface area (TPSA) is 65.8 Å². The molecular formula is C19H24N4O. The Morgan fingerprint density at radius 1 is 1.33 bits per heavy atom. The summed E-state index contributed by atoms with van der Waals surface area (Å²) in [5, 5.41) is 14.8. The molecule has 0 aromatic heterocycles. The van der Waals surface area contributed by atoms with E-state index in [1.54, 1.807) is 0 Å². The first-order valence-corrected chi connectivity index (χ1v) is 8.66. The molecule has 1 amide bonds. The minimum Gasteiger partial charge on any atom is -0.356 e. The van der Waals surface area contributed by atoms with E-state index in [1.807, 2.05) is 18.2 Å². The van der Waals surface area contributed by atoms with E-state index in [0.29, 0.717) is 13.0 Å². The van der Waals surface area contributed by atoms with Crippen molar-refractivity contribution in [3.05, 3.63) is 35.9 Å². The van der Waals surface area contributed by atoms with E-state index in [9.17, 15) is 4.79 Å². The van der Waals surface area contributed by atoms with Crippen molar-refractivity contribution in [2.45, 2.75) is 43.8 Å². The van der Waals surface area contributed by atoms with Gasteiger partial charge in [-0.2, -0.15) is 10.2 Å². The Hall–Kier alpha value is -2.19. The zero-order valence-corrected chi connectivity index (χ0v) is 13.9. The first-order valence-electron chi connectivity index (χ1n) is 8.66. The number of piperidine rings is 1. The third-order valence-corrected chi connectivity index (χ3v) is 4.85. The fourth-order valence-electron chi connectivity index (χ4n) is 3.29. The number of rotatable bonds is 7. The van der Waals surface area contributed by atoms with Crippen LogP contribution in [0.2, 0.25) is 0 Å². The molecule has 0 saturated carbocycles. The third-order valence-electron chi connectivity index (χ3n) is 4.85. The number of terminal acetylenes is 1. The maximum Gasteiger partial charge on any atom is 0.223 e. The van der Waals surface area contributed by atoms with Crippen molar-refractivity contribution in [2.24, 2.45) is 16.1 Å². The van der Waals surface area contributed by atoms with E-state index in [1.165, 1.54) is 5.56 Å². The lowest BCUT2D eigenvalue weighted by molar-refractivity contribution is -0.126. The molecule has 0 radical (unpaired) electrons. The van der Waals surface area contributed by atoms with Gasteiger partial charge in [0.15, 0.2) is 5.66 Å². The Bertz CT molecular complexity index is 629. The van der Waals surface area contributed by atoms with Gasteiger partial charge in [0.05, 0.1) is 0 Å². The standard InChI is InChI=1S/C19H24N4O/c1-2-3-10-19(22-23-19)11-13-21-18(24)16-9-12-20-17(14-16)15-7-5-4-6-8-15/h1,4-8,16-17,20H,3,9-14H2,(H,21,24)/t16-,17+/m1/s1. The van der Waals surface area contributed by atoms with Crippen molar-refractivity contribution in [3.8, 4) is 12.3 Å². The molecule has 3 rings (SSSR count). The highest BCUT2D eigenvalue weighted by Gasteiger charge is 2.39. The Kier molecular flexibility index (Phi) is 5.27. The number of carbonyl (C=O) groups excluding carboxylic acids is 1. The lowest BCUT2D eigenvalue weighted by Crippen LogP contribution is -2.40. The monoisotopic (exact) mass is 324 g/mol. The molecule has 2 heterocycles. The van der Waals surface area contributed by atoms with Crippen LogP contribution in [0.3, 0.4) is 0 Å². The summed E-state index contributed by atoms with van der Waals surface area (Å²) in [6, 6.07) is 10.6. The van der Waals surface area contributed by atoms with Crippen LogP contribution in [0.4, 0.5) is 0 Å². The lowest BCUT2D eigenvalue weighted by Gasteiger charge is -2.30. The Morgan fingerprint density at radius 2 is 2.12 bits per heavy atom. The number of hydrogen-bond acceptors (Lipinski definition) is 4. The van der Waals surface area contributed by atoms with Crippen molar-refractivity contribution in [2.75, 3.05) is 13.1 Å². The molecule has 2 atom stereocenters. The molecule has 0 bridgehead atoms. The SMILES string of the molecule is C#CCCC1(CCNC(=O)[C@@H]2CCN[C@H](c3ccccc3)C2)N=N1. The molecule has 5 heteroatoms. The van der Waals surface area contributed by atoms with Crippen molar-refractivity contribution in [1.82, 2.24) is 10.6 Å². The minimum absolute atomic E-state index is 0.0613. The summed E-state index contributed by atoms with van der Waals surface area (Å²) in [6.45, 7) is 1.48. The molecule has 1 aromatic rings. The molecule has 0 aliphatic carbocycles. The predicted molar refractivity (Wildman–Crippen MR) is 93.2 cm³/mol. The Balaban J connectivity index is 1.44. The molecule has 1 saturated heterocycles. The van der Waals surface area contributed by atoms with Gasteiger partial charge in [-0.05, 0) is 24.9 Å². The van der Waals surface area contributed by atoms with Gasteiger partial charge in [-0.25, -0.2) is 0 Å². The highest BCUT2D eigenvalue weighted by Crippen LogP contribution is 2.36. The summed E-state index contributed by atoms with van der Waals surface area (Å²) < 4.78 is 0. The van der Waals surface area contributed by atoms with Gasteiger partial charge in [0.25, 0.3) is 0 Å². The van der Waals surface area contributed by atoms with Crippen molar-refractivity contribution in [3.63, 3.8) is 0 Å². The molecule has 2 aliphatic heterocycles. The van der Waals surface area contributed by atoms with Crippen LogP contribution in [0.5, 0.6) is 0 Å². The quantitative estimate of drug-likeness (QED) is 0.758. The first-order chi connectivity index (χ1) is 11.7. The number of hydrogen-bond donors (Lipinski definition) is 2. The Labute approximate surface area is 143 Å². The fourth-order valence-corrected chi connectivity index (χ4v) is 3.29. The van der Waals surface area contributed by atoms with Crippen molar-refractivity contribution >= 4 is 5.91 Å². The minimum atomic E-state index is -0.319.